The highest BCUT2D eigenvalue weighted by Crippen LogP contribution is 2.37. The van der Waals surface area contributed by atoms with E-state index in [2.05, 4.69) is 34.0 Å². The molecule has 1 N–H and O–H groups in total. The van der Waals surface area contributed by atoms with Crippen LogP contribution >= 0.6 is 57.1 Å². The van der Waals surface area contributed by atoms with Crippen molar-refractivity contribution in [2.75, 3.05) is 5.32 Å². The fourth-order valence-electron chi connectivity index (χ4n) is 2.28. The van der Waals surface area contributed by atoms with Gasteiger partial charge in [-0.25, -0.2) is 0 Å². The Kier molecular flexibility index (Phi) is 4.88. The van der Waals surface area contributed by atoms with Crippen LogP contribution < -0.4 is 5.32 Å². The summed E-state index contributed by atoms with van der Waals surface area (Å²) in [5.74, 6) is -0.198. The quantitative estimate of drug-likeness (QED) is 0.411. The van der Waals surface area contributed by atoms with Crippen LogP contribution in [-0.4, -0.2) is 5.91 Å². The summed E-state index contributed by atoms with van der Waals surface area (Å²) in [5.41, 5.74) is 2.95. The minimum Gasteiger partial charge on any atom is -0.321 e. The largest absolute Gasteiger partial charge is 0.321 e. The second kappa shape index (κ2) is 6.59. The van der Waals surface area contributed by atoms with E-state index in [4.69, 9.17) is 23.2 Å². The van der Waals surface area contributed by atoms with Crippen molar-refractivity contribution < 1.29 is 4.79 Å². The van der Waals surface area contributed by atoms with Crippen molar-refractivity contribution in [3.8, 4) is 0 Å². The van der Waals surface area contributed by atoms with Crippen molar-refractivity contribution in [3.05, 3.63) is 60.0 Å². The summed E-state index contributed by atoms with van der Waals surface area (Å²) >= 11 is 16.0. The van der Waals surface area contributed by atoms with Gasteiger partial charge in [0.15, 0.2) is 0 Å². The Balaban J connectivity index is 1.98. The van der Waals surface area contributed by atoms with E-state index in [9.17, 15) is 4.79 Å². The third-order valence-electron chi connectivity index (χ3n) is 3.55. The van der Waals surface area contributed by atoms with Gasteiger partial charge < -0.3 is 5.32 Å². The lowest BCUT2D eigenvalue weighted by atomic mass is 10.1. The lowest BCUT2D eigenvalue weighted by molar-refractivity contribution is 0.103. The zero-order valence-corrected chi connectivity index (χ0v) is 16.8. The van der Waals surface area contributed by atoms with Gasteiger partial charge >= 0.3 is 0 Å². The second-order valence-electron chi connectivity index (χ2n) is 5.26. The van der Waals surface area contributed by atoms with Crippen molar-refractivity contribution in [3.63, 3.8) is 0 Å². The average molecular weight is 476 g/mol. The molecule has 1 aromatic heterocycles. The first-order valence-corrected chi connectivity index (χ1v) is 9.47. The Bertz CT molecular complexity index is 936. The number of anilines is 1. The maximum absolute atomic E-state index is 12.6. The van der Waals surface area contributed by atoms with Gasteiger partial charge in [0.1, 0.15) is 4.88 Å². The lowest BCUT2D eigenvalue weighted by Crippen LogP contribution is -2.12. The number of halogens is 3. The van der Waals surface area contributed by atoms with Crippen LogP contribution in [0.15, 0.2) is 30.3 Å². The van der Waals surface area contributed by atoms with Crippen molar-refractivity contribution >= 4 is 78.8 Å². The molecule has 0 spiro atoms. The minimum absolute atomic E-state index is 0.198. The van der Waals surface area contributed by atoms with Crippen LogP contribution in [0.4, 0.5) is 5.69 Å². The zero-order chi connectivity index (χ0) is 16.7. The fraction of sp³-hybridized carbons (Fsp3) is 0.118. The van der Waals surface area contributed by atoms with E-state index in [1.807, 2.05) is 32.0 Å². The van der Waals surface area contributed by atoms with Crippen LogP contribution in [-0.2, 0) is 0 Å². The number of thiophene rings is 1. The molecular weight excluding hydrogens is 464 g/mol. The van der Waals surface area contributed by atoms with E-state index >= 15 is 0 Å². The van der Waals surface area contributed by atoms with E-state index in [0.717, 1.165) is 26.9 Å². The van der Waals surface area contributed by atoms with Crippen molar-refractivity contribution in [1.82, 2.24) is 0 Å². The number of aryl methyl sites for hydroxylation is 2. The number of benzene rings is 2. The summed E-state index contributed by atoms with van der Waals surface area (Å²) in [5, 5.41) is 4.91. The molecule has 1 heterocycles. The molecule has 0 bridgehead atoms. The normalized spacial score (nSPS) is 11.0. The van der Waals surface area contributed by atoms with Crippen molar-refractivity contribution in [2.45, 2.75) is 13.8 Å². The molecule has 0 aliphatic rings. The number of carbonyl (C=O) groups excluding carboxylic acids is 1. The Labute approximate surface area is 161 Å². The molecule has 0 aliphatic heterocycles. The lowest BCUT2D eigenvalue weighted by Gasteiger charge is -2.10. The molecule has 0 unspecified atom stereocenters. The number of fused-ring (bicyclic) bond motifs is 1. The molecule has 2 aromatic carbocycles. The Hall–Kier alpha value is -0.820. The third-order valence-corrected chi connectivity index (χ3v) is 6.60. The summed E-state index contributed by atoms with van der Waals surface area (Å²) in [6, 6.07) is 9.47. The van der Waals surface area contributed by atoms with Gasteiger partial charge in [-0.15, -0.1) is 11.3 Å². The molecule has 0 saturated carbocycles. The molecule has 3 rings (SSSR count). The number of hydrogen-bond acceptors (Lipinski definition) is 2. The summed E-state index contributed by atoms with van der Waals surface area (Å²) in [6.07, 6.45) is 0. The van der Waals surface area contributed by atoms with Crippen molar-refractivity contribution in [1.29, 1.82) is 0 Å². The minimum atomic E-state index is -0.198. The zero-order valence-electron chi connectivity index (χ0n) is 12.3. The second-order valence-corrected chi connectivity index (χ2v) is 8.28. The molecule has 0 saturated heterocycles. The molecule has 0 fully saturated rings. The van der Waals surface area contributed by atoms with Gasteiger partial charge in [0, 0.05) is 24.4 Å². The Morgan fingerprint density at radius 2 is 1.87 bits per heavy atom. The summed E-state index contributed by atoms with van der Waals surface area (Å²) in [4.78, 5) is 13.1. The van der Waals surface area contributed by atoms with E-state index in [1.54, 1.807) is 6.07 Å². The SMILES string of the molecule is Cc1cc(NC(=O)c2sc3cc(Cl)ccc3c2Cl)c(C)cc1I. The van der Waals surface area contributed by atoms with Gasteiger partial charge in [0.05, 0.1) is 5.02 Å². The fourth-order valence-corrected chi connectivity index (χ4v) is 4.59. The number of amides is 1. The molecule has 2 nitrogen and oxygen atoms in total. The summed E-state index contributed by atoms with van der Waals surface area (Å²) < 4.78 is 2.08. The highest BCUT2D eigenvalue weighted by molar-refractivity contribution is 14.1. The van der Waals surface area contributed by atoms with Gasteiger partial charge in [-0.05, 0) is 71.8 Å². The van der Waals surface area contributed by atoms with Gasteiger partial charge in [-0.2, -0.15) is 0 Å². The smallest absolute Gasteiger partial charge is 0.267 e. The van der Waals surface area contributed by atoms with E-state index in [0.29, 0.717) is 14.9 Å². The molecule has 0 aliphatic carbocycles. The topological polar surface area (TPSA) is 29.1 Å². The van der Waals surface area contributed by atoms with Crippen LogP contribution in [0.5, 0.6) is 0 Å². The van der Waals surface area contributed by atoms with Gasteiger partial charge in [-0.1, -0.05) is 29.3 Å². The van der Waals surface area contributed by atoms with E-state index in [1.165, 1.54) is 14.9 Å². The molecule has 0 radical (unpaired) electrons. The maximum Gasteiger partial charge on any atom is 0.267 e. The van der Waals surface area contributed by atoms with Crippen molar-refractivity contribution in [2.24, 2.45) is 0 Å². The van der Waals surface area contributed by atoms with Gasteiger partial charge in [-0.3, -0.25) is 4.79 Å². The summed E-state index contributed by atoms with van der Waals surface area (Å²) in [6.45, 7) is 3.99. The molecular formula is C17H12Cl2INOS. The third kappa shape index (κ3) is 3.36. The average Bonchev–Trinajstić information content (AvgIpc) is 2.81. The molecule has 3 aromatic rings. The predicted octanol–water partition coefficient (Wildman–Crippen LogP) is 6.68. The molecule has 0 atom stereocenters. The number of hydrogen-bond donors (Lipinski definition) is 1. The molecule has 118 valence electrons. The van der Waals surface area contributed by atoms with Crippen LogP contribution in [0.3, 0.4) is 0 Å². The highest BCUT2D eigenvalue weighted by Gasteiger charge is 2.18. The number of carbonyl (C=O) groups is 1. The number of nitrogens with one attached hydrogen (secondary N) is 1. The number of rotatable bonds is 2. The first kappa shape index (κ1) is 17.0. The predicted molar refractivity (Wildman–Crippen MR) is 108 cm³/mol. The summed E-state index contributed by atoms with van der Waals surface area (Å²) in [7, 11) is 0. The highest BCUT2D eigenvalue weighted by atomic mass is 127. The van der Waals surface area contributed by atoms with Crippen LogP contribution in [0.2, 0.25) is 10.0 Å². The first-order chi connectivity index (χ1) is 10.9. The van der Waals surface area contributed by atoms with E-state index in [-0.39, 0.29) is 5.91 Å². The Morgan fingerprint density at radius 3 is 2.61 bits per heavy atom. The monoisotopic (exact) mass is 475 g/mol. The maximum atomic E-state index is 12.6. The van der Waals surface area contributed by atoms with E-state index < -0.39 is 0 Å². The molecule has 23 heavy (non-hydrogen) atoms. The van der Waals surface area contributed by atoms with Crippen LogP contribution in [0, 0.1) is 17.4 Å². The molecule has 6 heteroatoms. The Morgan fingerprint density at radius 1 is 1.13 bits per heavy atom. The van der Waals surface area contributed by atoms with Crippen LogP contribution in [0.25, 0.3) is 10.1 Å². The standard InChI is InChI=1S/C17H12Cl2INOS/c1-8-6-13(9(2)5-12(8)20)21-17(22)16-15(19)11-4-3-10(18)7-14(11)23-16/h3-7H,1-2H3,(H,21,22). The van der Waals surface area contributed by atoms with Crippen LogP contribution in [0.1, 0.15) is 20.8 Å². The van der Waals surface area contributed by atoms with Gasteiger partial charge in [0.2, 0.25) is 0 Å². The van der Waals surface area contributed by atoms with Gasteiger partial charge in [0.25, 0.3) is 5.91 Å². The first-order valence-electron chi connectivity index (χ1n) is 6.82. The molecule has 1 amide bonds.